The smallest absolute Gasteiger partial charge is 0.0517 e. The molecule has 0 unspecified atom stereocenters. The summed E-state index contributed by atoms with van der Waals surface area (Å²) in [4.78, 5) is 0. The zero-order valence-corrected chi connectivity index (χ0v) is 15.7. The molecule has 0 radical (unpaired) electrons. The topological polar surface area (TPSA) is 0 Å². The fourth-order valence-electron chi connectivity index (χ4n) is 4.80. The van der Waals surface area contributed by atoms with Gasteiger partial charge in [-0.1, -0.05) is 42.1 Å². The Balaban J connectivity index is 1.50. The van der Waals surface area contributed by atoms with Crippen molar-refractivity contribution in [3.05, 3.63) is 42.5 Å². The largest absolute Gasteiger partial charge is 0.103 e. The standard InChI is InChI=1S/C21H32Si/c1-3-16-4-6-17(7-5-16)18-8-10-19(11-9-18)20-12-14-21(22-2)15-13-20/h3,12-19H,1,4-11,22H2,2H3/t16-,17-,18-,19-. The molecule has 0 N–H and O–H groups in total. The molecule has 120 valence electrons. The summed E-state index contributed by atoms with van der Waals surface area (Å²) in [6, 6.07) is 9.63. The number of hydrogen-bond acceptors (Lipinski definition) is 0. The monoisotopic (exact) mass is 312 g/mol. The highest BCUT2D eigenvalue weighted by atomic mass is 28.2. The van der Waals surface area contributed by atoms with Crippen LogP contribution in [0.25, 0.3) is 0 Å². The molecule has 0 amide bonds. The van der Waals surface area contributed by atoms with Crippen molar-refractivity contribution in [1.29, 1.82) is 0 Å². The van der Waals surface area contributed by atoms with Crippen LogP contribution in [0.15, 0.2) is 36.9 Å². The van der Waals surface area contributed by atoms with Crippen LogP contribution in [-0.2, 0) is 0 Å². The second kappa shape index (κ2) is 7.63. The van der Waals surface area contributed by atoms with E-state index in [1.54, 1.807) is 10.8 Å². The normalized spacial score (nSPS) is 33.1. The van der Waals surface area contributed by atoms with E-state index >= 15 is 0 Å². The van der Waals surface area contributed by atoms with Gasteiger partial charge in [0, 0.05) is 0 Å². The minimum Gasteiger partial charge on any atom is -0.103 e. The Morgan fingerprint density at radius 2 is 1.41 bits per heavy atom. The summed E-state index contributed by atoms with van der Waals surface area (Å²) in [6.07, 6.45) is 13.7. The van der Waals surface area contributed by atoms with Gasteiger partial charge in [-0.15, -0.1) is 6.58 Å². The van der Waals surface area contributed by atoms with E-state index < -0.39 is 0 Å². The average molecular weight is 313 g/mol. The third-order valence-corrected chi connectivity index (χ3v) is 7.74. The van der Waals surface area contributed by atoms with Crippen LogP contribution in [0.3, 0.4) is 0 Å². The molecule has 22 heavy (non-hydrogen) atoms. The summed E-state index contributed by atoms with van der Waals surface area (Å²) in [7, 11) is 0.0113. The third-order valence-electron chi connectivity index (χ3n) is 6.45. The summed E-state index contributed by atoms with van der Waals surface area (Å²) in [5, 5.41) is 1.61. The van der Waals surface area contributed by atoms with Crippen LogP contribution in [0, 0.1) is 17.8 Å². The zero-order valence-electron chi connectivity index (χ0n) is 14.3. The predicted molar refractivity (Wildman–Crippen MR) is 101 cm³/mol. The van der Waals surface area contributed by atoms with E-state index in [2.05, 4.69) is 43.5 Å². The molecule has 2 fully saturated rings. The van der Waals surface area contributed by atoms with Gasteiger partial charge in [0.15, 0.2) is 0 Å². The number of allylic oxidation sites excluding steroid dienone is 1. The van der Waals surface area contributed by atoms with E-state index in [-0.39, 0.29) is 9.52 Å². The summed E-state index contributed by atoms with van der Waals surface area (Å²) < 4.78 is 0. The Morgan fingerprint density at radius 1 is 0.864 bits per heavy atom. The van der Waals surface area contributed by atoms with E-state index in [0.717, 1.165) is 23.7 Å². The van der Waals surface area contributed by atoms with Crippen LogP contribution < -0.4 is 5.19 Å². The van der Waals surface area contributed by atoms with Crippen LogP contribution in [0.1, 0.15) is 62.8 Å². The van der Waals surface area contributed by atoms with Crippen molar-refractivity contribution in [1.82, 2.24) is 0 Å². The molecule has 0 nitrogen and oxygen atoms in total. The fraction of sp³-hybridized carbons (Fsp3) is 0.619. The first kappa shape index (κ1) is 16.0. The third kappa shape index (κ3) is 3.74. The van der Waals surface area contributed by atoms with Crippen molar-refractivity contribution in [3.63, 3.8) is 0 Å². The van der Waals surface area contributed by atoms with Gasteiger partial charge in [0.2, 0.25) is 0 Å². The van der Waals surface area contributed by atoms with Crippen molar-refractivity contribution >= 4 is 14.7 Å². The van der Waals surface area contributed by atoms with Gasteiger partial charge in [-0.3, -0.25) is 0 Å². The first-order chi connectivity index (χ1) is 10.8. The van der Waals surface area contributed by atoms with Gasteiger partial charge in [0.25, 0.3) is 0 Å². The molecule has 0 heterocycles. The lowest BCUT2D eigenvalue weighted by Crippen LogP contribution is -2.25. The highest BCUT2D eigenvalue weighted by molar-refractivity contribution is 6.51. The molecule has 1 aromatic carbocycles. The van der Waals surface area contributed by atoms with Crippen LogP contribution in [0.4, 0.5) is 0 Å². The molecule has 2 aliphatic rings. The predicted octanol–water partition coefficient (Wildman–Crippen LogP) is 4.80. The molecule has 2 aliphatic carbocycles. The maximum atomic E-state index is 3.98. The van der Waals surface area contributed by atoms with Gasteiger partial charge in [-0.25, -0.2) is 0 Å². The zero-order chi connectivity index (χ0) is 15.4. The second-order valence-electron chi connectivity index (χ2n) is 7.62. The van der Waals surface area contributed by atoms with E-state index in [9.17, 15) is 0 Å². The van der Waals surface area contributed by atoms with Crippen LogP contribution >= 0.6 is 0 Å². The minimum absolute atomic E-state index is 0.0113. The lowest BCUT2D eigenvalue weighted by atomic mass is 9.68. The molecular weight excluding hydrogens is 280 g/mol. The molecule has 3 rings (SSSR count). The van der Waals surface area contributed by atoms with Crippen molar-refractivity contribution in [2.45, 2.75) is 63.8 Å². The lowest BCUT2D eigenvalue weighted by Gasteiger charge is -2.37. The van der Waals surface area contributed by atoms with Crippen LogP contribution in [0.2, 0.25) is 6.55 Å². The quantitative estimate of drug-likeness (QED) is 0.553. The molecule has 0 bridgehead atoms. The Kier molecular flexibility index (Phi) is 5.57. The maximum absolute atomic E-state index is 3.98. The second-order valence-corrected chi connectivity index (χ2v) is 9.14. The first-order valence-corrected chi connectivity index (χ1v) is 11.6. The number of benzene rings is 1. The summed E-state index contributed by atoms with van der Waals surface area (Å²) in [5.74, 6) is 3.69. The van der Waals surface area contributed by atoms with Gasteiger partial charge in [-0.05, 0) is 80.6 Å². The summed E-state index contributed by atoms with van der Waals surface area (Å²) in [6.45, 7) is 6.36. The van der Waals surface area contributed by atoms with Crippen molar-refractivity contribution in [2.75, 3.05) is 0 Å². The summed E-state index contributed by atoms with van der Waals surface area (Å²) in [5.41, 5.74) is 1.61. The Hall–Kier alpha value is -0.823. The van der Waals surface area contributed by atoms with Gasteiger partial charge in [-0.2, -0.15) is 0 Å². The first-order valence-electron chi connectivity index (χ1n) is 9.51. The van der Waals surface area contributed by atoms with Crippen molar-refractivity contribution in [3.8, 4) is 0 Å². The maximum Gasteiger partial charge on any atom is 0.0517 e. The van der Waals surface area contributed by atoms with Crippen molar-refractivity contribution in [2.24, 2.45) is 17.8 Å². The SMILES string of the molecule is C=C[C@H]1CC[C@H]([C@H]2CC[C@H](c3ccc([SiH2]C)cc3)CC2)CC1. The highest BCUT2D eigenvalue weighted by Crippen LogP contribution is 2.43. The molecule has 1 aromatic rings. The Morgan fingerprint density at radius 3 is 1.91 bits per heavy atom. The fourth-order valence-corrected chi connectivity index (χ4v) is 5.51. The van der Waals surface area contributed by atoms with E-state index in [4.69, 9.17) is 0 Å². The van der Waals surface area contributed by atoms with Gasteiger partial charge >= 0.3 is 0 Å². The molecule has 0 spiro atoms. The van der Waals surface area contributed by atoms with Gasteiger partial charge in [0.05, 0.1) is 9.52 Å². The average Bonchev–Trinajstić information content (AvgIpc) is 2.62. The number of hydrogen-bond donors (Lipinski definition) is 0. The molecule has 0 saturated heterocycles. The molecular formula is C21H32Si. The summed E-state index contributed by atoms with van der Waals surface area (Å²) >= 11 is 0. The van der Waals surface area contributed by atoms with Crippen LogP contribution in [-0.4, -0.2) is 9.52 Å². The van der Waals surface area contributed by atoms with Crippen LogP contribution in [0.5, 0.6) is 0 Å². The lowest BCUT2D eigenvalue weighted by molar-refractivity contribution is 0.171. The van der Waals surface area contributed by atoms with E-state index in [0.29, 0.717) is 0 Å². The Labute approximate surface area is 139 Å². The number of rotatable bonds is 4. The van der Waals surface area contributed by atoms with Gasteiger partial charge < -0.3 is 0 Å². The molecule has 0 atom stereocenters. The van der Waals surface area contributed by atoms with E-state index in [1.807, 2.05) is 0 Å². The minimum atomic E-state index is 0.0113. The molecule has 2 saturated carbocycles. The highest BCUT2D eigenvalue weighted by Gasteiger charge is 2.30. The Bertz CT molecular complexity index is 459. The van der Waals surface area contributed by atoms with Crippen molar-refractivity contribution < 1.29 is 0 Å². The van der Waals surface area contributed by atoms with E-state index in [1.165, 1.54) is 51.4 Å². The van der Waals surface area contributed by atoms with Gasteiger partial charge in [0.1, 0.15) is 0 Å². The molecule has 1 heteroatoms. The molecule has 0 aliphatic heterocycles. The molecule has 0 aromatic heterocycles.